The Morgan fingerprint density at radius 1 is 1.00 bits per heavy atom. The maximum absolute atomic E-state index is 12.7. The number of nitrogens with zero attached hydrogens (tertiary/aromatic N) is 1. The van der Waals surface area contributed by atoms with Gasteiger partial charge in [-0.2, -0.15) is 0 Å². The van der Waals surface area contributed by atoms with E-state index in [1.165, 1.54) is 4.70 Å². The number of H-pyrrole nitrogens is 1. The van der Waals surface area contributed by atoms with E-state index < -0.39 is 0 Å². The third-order valence-corrected chi connectivity index (χ3v) is 5.61. The summed E-state index contributed by atoms with van der Waals surface area (Å²) < 4.78 is 2.22. The van der Waals surface area contributed by atoms with E-state index in [0.717, 1.165) is 37.6 Å². The molecule has 4 heteroatoms. The summed E-state index contributed by atoms with van der Waals surface area (Å²) in [6.45, 7) is 2.00. The van der Waals surface area contributed by atoms with Crippen LogP contribution in [0.2, 0.25) is 0 Å². The number of aryl methyl sites for hydroxylation is 1. The Morgan fingerprint density at radius 2 is 1.74 bits per heavy atom. The Hall–Kier alpha value is -2.72. The van der Waals surface area contributed by atoms with Crippen LogP contribution in [0.25, 0.3) is 42.1 Å². The van der Waals surface area contributed by atoms with Crippen molar-refractivity contribution >= 4 is 53.4 Å². The lowest BCUT2D eigenvalue weighted by atomic mass is 10.0. The SMILES string of the molecule is Cc1c2ccccc2nc2c1c(=O)[nH]c1c3ccccc3sc21. The van der Waals surface area contributed by atoms with Crippen molar-refractivity contribution in [2.75, 3.05) is 0 Å². The van der Waals surface area contributed by atoms with Crippen LogP contribution in [0.3, 0.4) is 0 Å². The van der Waals surface area contributed by atoms with E-state index >= 15 is 0 Å². The summed E-state index contributed by atoms with van der Waals surface area (Å²) in [5.41, 5.74) is 3.56. The lowest BCUT2D eigenvalue weighted by Crippen LogP contribution is -2.08. The van der Waals surface area contributed by atoms with Crippen LogP contribution in [-0.4, -0.2) is 9.97 Å². The number of benzene rings is 2. The van der Waals surface area contributed by atoms with E-state index in [-0.39, 0.29) is 5.56 Å². The number of thiophene rings is 1. The molecule has 0 saturated heterocycles. The molecule has 0 bridgehead atoms. The Bertz CT molecular complexity index is 1300. The summed E-state index contributed by atoms with van der Waals surface area (Å²) in [4.78, 5) is 20.6. The minimum absolute atomic E-state index is 0.0631. The van der Waals surface area contributed by atoms with Crippen LogP contribution in [0.15, 0.2) is 53.3 Å². The van der Waals surface area contributed by atoms with Gasteiger partial charge < -0.3 is 4.98 Å². The number of hydrogen-bond acceptors (Lipinski definition) is 3. The molecule has 3 aromatic heterocycles. The van der Waals surface area contributed by atoms with E-state index in [2.05, 4.69) is 11.1 Å². The lowest BCUT2D eigenvalue weighted by Gasteiger charge is -2.06. The maximum Gasteiger partial charge on any atom is 0.258 e. The molecule has 0 unspecified atom stereocenters. The van der Waals surface area contributed by atoms with Crippen molar-refractivity contribution in [3.8, 4) is 0 Å². The topological polar surface area (TPSA) is 45.8 Å². The maximum atomic E-state index is 12.7. The fourth-order valence-corrected chi connectivity index (χ4v) is 4.49. The van der Waals surface area contributed by atoms with E-state index in [0.29, 0.717) is 5.39 Å². The largest absolute Gasteiger partial charge is 0.320 e. The number of aromatic amines is 1. The molecule has 0 aliphatic heterocycles. The Labute approximate surface area is 135 Å². The fraction of sp³-hybridized carbons (Fsp3) is 0.0526. The van der Waals surface area contributed by atoms with Gasteiger partial charge in [-0.25, -0.2) is 4.98 Å². The molecule has 23 heavy (non-hydrogen) atoms. The highest BCUT2D eigenvalue weighted by Crippen LogP contribution is 2.36. The van der Waals surface area contributed by atoms with Gasteiger partial charge in [-0.1, -0.05) is 36.4 Å². The van der Waals surface area contributed by atoms with Gasteiger partial charge in [0.1, 0.15) is 0 Å². The number of para-hydroxylation sites is 1. The van der Waals surface area contributed by atoms with E-state index in [1.807, 2.05) is 49.4 Å². The van der Waals surface area contributed by atoms with Gasteiger partial charge in [0.2, 0.25) is 0 Å². The monoisotopic (exact) mass is 316 g/mol. The van der Waals surface area contributed by atoms with E-state index in [1.54, 1.807) is 11.3 Å². The van der Waals surface area contributed by atoms with Crippen molar-refractivity contribution in [1.29, 1.82) is 0 Å². The molecular formula is C19H12N2OS. The Balaban J connectivity index is 2.14. The van der Waals surface area contributed by atoms with Gasteiger partial charge in [0, 0.05) is 15.5 Å². The molecule has 0 aliphatic rings. The molecule has 0 radical (unpaired) electrons. The summed E-state index contributed by atoms with van der Waals surface area (Å²) >= 11 is 1.68. The van der Waals surface area contributed by atoms with Gasteiger partial charge >= 0.3 is 0 Å². The smallest absolute Gasteiger partial charge is 0.258 e. The van der Waals surface area contributed by atoms with Gasteiger partial charge in [-0.3, -0.25) is 4.79 Å². The second kappa shape index (κ2) is 4.40. The minimum atomic E-state index is -0.0631. The van der Waals surface area contributed by atoms with Crippen molar-refractivity contribution in [2.24, 2.45) is 0 Å². The third-order valence-electron chi connectivity index (χ3n) is 4.43. The van der Waals surface area contributed by atoms with Crippen LogP contribution in [0.4, 0.5) is 0 Å². The van der Waals surface area contributed by atoms with E-state index in [9.17, 15) is 4.79 Å². The second-order valence-electron chi connectivity index (χ2n) is 5.73. The highest BCUT2D eigenvalue weighted by Gasteiger charge is 2.15. The van der Waals surface area contributed by atoms with Gasteiger partial charge in [0.15, 0.2) is 0 Å². The highest BCUT2D eigenvalue weighted by molar-refractivity contribution is 7.26. The normalized spacial score (nSPS) is 11.9. The first-order chi connectivity index (χ1) is 11.2. The molecule has 5 rings (SSSR count). The zero-order chi connectivity index (χ0) is 15.6. The quantitative estimate of drug-likeness (QED) is 0.419. The minimum Gasteiger partial charge on any atom is -0.320 e. The molecule has 0 atom stereocenters. The van der Waals surface area contributed by atoms with Gasteiger partial charge in [-0.15, -0.1) is 11.3 Å². The number of nitrogens with one attached hydrogen (secondary N) is 1. The molecule has 0 fully saturated rings. The van der Waals surface area contributed by atoms with Crippen molar-refractivity contribution in [3.63, 3.8) is 0 Å². The summed E-state index contributed by atoms with van der Waals surface area (Å²) in [6.07, 6.45) is 0. The summed E-state index contributed by atoms with van der Waals surface area (Å²) in [7, 11) is 0. The predicted octanol–water partition coefficient (Wildman–Crippen LogP) is 4.75. The standard InChI is InChI=1S/C19H12N2OS/c1-10-11-6-2-4-8-13(11)20-17-15(10)19(22)21-16-12-7-3-5-9-14(12)23-18(16)17/h2-9H,1H3,(H,21,22). The van der Waals surface area contributed by atoms with E-state index in [4.69, 9.17) is 4.98 Å². The van der Waals surface area contributed by atoms with Crippen LogP contribution in [-0.2, 0) is 0 Å². The number of hydrogen-bond donors (Lipinski definition) is 1. The van der Waals surface area contributed by atoms with Crippen LogP contribution in [0, 0.1) is 6.92 Å². The lowest BCUT2D eigenvalue weighted by molar-refractivity contribution is 1.33. The van der Waals surface area contributed by atoms with Crippen molar-refractivity contribution in [3.05, 3.63) is 64.4 Å². The zero-order valence-corrected chi connectivity index (χ0v) is 13.2. The molecule has 0 saturated carbocycles. The summed E-state index contributed by atoms with van der Waals surface area (Å²) in [5.74, 6) is 0. The molecule has 1 N–H and O–H groups in total. The fourth-order valence-electron chi connectivity index (χ4n) is 3.33. The molecule has 5 aromatic rings. The zero-order valence-electron chi connectivity index (χ0n) is 12.4. The molecule has 2 aromatic carbocycles. The Morgan fingerprint density at radius 3 is 2.61 bits per heavy atom. The second-order valence-corrected chi connectivity index (χ2v) is 6.79. The molecule has 0 aliphatic carbocycles. The van der Waals surface area contributed by atoms with Crippen molar-refractivity contribution in [2.45, 2.75) is 6.92 Å². The molecule has 3 nitrogen and oxygen atoms in total. The van der Waals surface area contributed by atoms with Gasteiger partial charge in [-0.05, 0) is 24.6 Å². The van der Waals surface area contributed by atoms with Gasteiger partial charge in [0.25, 0.3) is 5.56 Å². The molecule has 0 amide bonds. The van der Waals surface area contributed by atoms with Crippen LogP contribution in [0.1, 0.15) is 5.56 Å². The molecule has 0 spiro atoms. The van der Waals surface area contributed by atoms with Crippen molar-refractivity contribution in [1.82, 2.24) is 9.97 Å². The molecular weight excluding hydrogens is 304 g/mol. The summed E-state index contributed by atoms with van der Waals surface area (Å²) in [5, 5.41) is 2.81. The molecule has 110 valence electrons. The predicted molar refractivity (Wildman–Crippen MR) is 97.5 cm³/mol. The van der Waals surface area contributed by atoms with Crippen LogP contribution >= 0.6 is 11.3 Å². The molecule has 3 heterocycles. The van der Waals surface area contributed by atoms with Gasteiger partial charge in [0.05, 0.1) is 26.6 Å². The number of aromatic nitrogens is 2. The van der Waals surface area contributed by atoms with Crippen LogP contribution in [0.5, 0.6) is 0 Å². The van der Waals surface area contributed by atoms with Crippen LogP contribution < -0.4 is 5.56 Å². The third kappa shape index (κ3) is 1.64. The average molecular weight is 316 g/mol. The number of rotatable bonds is 0. The highest BCUT2D eigenvalue weighted by atomic mass is 32.1. The first-order valence-corrected chi connectivity index (χ1v) is 8.28. The average Bonchev–Trinajstić information content (AvgIpc) is 2.94. The Kier molecular flexibility index (Phi) is 2.44. The number of fused-ring (bicyclic) bond motifs is 6. The van der Waals surface area contributed by atoms with Crippen molar-refractivity contribution < 1.29 is 0 Å². The first-order valence-electron chi connectivity index (χ1n) is 7.46. The summed E-state index contributed by atoms with van der Waals surface area (Å²) in [6, 6.07) is 16.1. The number of pyridine rings is 2. The first kappa shape index (κ1) is 12.8.